The van der Waals surface area contributed by atoms with Gasteiger partial charge in [0, 0.05) is 0 Å². The van der Waals surface area contributed by atoms with Crippen molar-refractivity contribution in [2.24, 2.45) is 11.8 Å². The predicted octanol–water partition coefficient (Wildman–Crippen LogP) is 1.62. The number of rotatable bonds is 9. The van der Waals surface area contributed by atoms with Crippen LogP contribution in [0.25, 0.3) is 0 Å². The second-order valence-electron chi connectivity index (χ2n) is 5.67. The van der Waals surface area contributed by atoms with Crippen molar-refractivity contribution >= 4 is 18.3 Å². The number of hydrazine groups is 1. The summed E-state index contributed by atoms with van der Waals surface area (Å²) in [7, 11) is 0. The van der Waals surface area contributed by atoms with Gasteiger partial charge >= 0.3 is 6.18 Å². The van der Waals surface area contributed by atoms with E-state index in [-0.39, 0.29) is 24.4 Å². The largest absolute Gasteiger partial charge is 0.434 e. The van der Waals surface area contributed by atoms with Gasteiger partial charge in [0.25, 0.3) is 0 Å². The summed E-state index contributed by atoms with van der Waals surface area (Å²) in [6.45, 7) is 1.54. The number of nitrogens with two attached hydrogens (primary N) is 1. The molecule has 1 atom stereocenters. The number of amides is 2. The number of nitrogens with zero attached hydrogens (tertiary/aromatic N) is 5. The highest BCUT2D eigenvalue weighted by atomic mass is 19.4. The van der Waals surface area contributed by atoms with Crippen molar-refractivity contribution < 1.29 is 28.0 Å². The number of halogens is 3. The summed E-state index contributed by atoms with van der Waals surface area (Å²) in [6, 6.07) is 1.32. The second kappa shape index (κ2) is 9.79. The minimum Gasteiger partial charge on any atom is -0.286 e. The van der Waals surface area contributed by atoms with Crippen molar-refractivity contribution in [3.8, 4) is 6.07 Å². The monoisotopic (exact) mass is 388 g/mol. The second-order valence-corrected chi connectivity index (χ2v) is 5.67. The van der Waals surface area contributed by atoms with Gasteiger partial charge in [-0.15, -0.1) is 0 Å². The van der Waals surface area contributed by atoms with E-state index in [9.17, 15) is 28.0 Å². The summed E-state index contributed by atoms with van der Waals surface area (Å²) in [6.07, 6.45) is -1.78. The summed E-state index contributed by atoms with van der Waals surface area (Å²) < 4.78 is 39.0. The first-order chi connectivity index (χ1) is 12.6. The molecule has 0 bridgehead atoms. The average molecular weight is 388 g/mol. The number of carbonyl (C=O) groups is 2. The third kappa shape index (κ3) is 6.15. The number of unbranched alkanes of at least 4 members (excludes halogenated alkanes) is 2. The fraction of sp³-hybridized carbons (Fsp3) is 0.533. The van der Waals surface area contributed by atoms with Crippen molar-refractivity contribution in [3.63, 3.8) is 0 Å². The lowest BCUT2D eigenvalue weighted by Gasteiger charge is -2.24. The van der Waals surface area contributed by atoms with E-state index in [0.29, 0.717) is 17.6 Å². The number of hydroxylamine groups is 2. The number of nitriles is 1. The molecule has 0 radical (unpaired) electrons. The zero-order valence-electron chi connectivity index (χ0n) is 14.5. The van der Waals surface area contributed by atoms with E-state index in [0.717, 1.165) is 12.8 Å². The van der Waals surface area contributed by atoms with Crippen molar-refractivity contribution in [2.45, 2.75) is 38.8 Å². The molecule has 148 valence electrons. The van der Waals surface area contributed by atoms with Crippen LogP contribution in [0, 0.1) is 17.2 Å². The molecular formula is C15H19F3N6O3. The van der Waals surface area contributed by atoms with Crippen LogP contribution in [-0.4, -0.2) is 39.1 Å². The Labute approximate surface area is 153 Å². The lowest BCUT2D eigenvalue weighted by atomic mass is 10.00. The van der Waals surface area contributed by atoms with E-state index in [1.807, 2.05) is 6.92 Å². The fourth-order valence-corrected chi connectivity index (χ4v) is 2.28. The molecule has 3 N–H and O–H groups in total. The van der Waals surface area contributed by atoms with Gasteiger partial charge in [0.15, 0.2) is 5.69 Å². The fourth-order valence-electron chi connectivity index (χ4n) is 2.28. The van der Waals surface area contributed by atoms with Crippen LogP contribution in [-0.2, 0) is 15.8 Å². The van der Waals surface area contributed by atoms with Crippen LogP contribution in [0.4, 0.5) is 19.1 Å². The molecule has 0 saturated carbocycles. The zero-order chi connectivity index (χ0) is 20.6. The molecule has 1 aromatic rings. The Morgan fingerprint density at radius 1 is 1.48 bits per heavy atom. The van der Waals surface area contributed by atoms with E-state index >= 15 is 0 Å². The predicted molar refractivity (Wildman–Crippen MR) is 85.6 cm³/mol. The van der Waals surface area contributed by atoms with E-state index < -0.39 is 35.2 Å². The minimum absolute atomic E-state index is 0.0981. The van der Waals surface area contributed by atoms with Crippen LogP contribution < -0.4 is 10.9 Å². The minimum atomic E-state index is -4.94. The molecule has 27 heavy (non-hydrogen) atoms. The van der Waals surface area contributed by atoms with Crippen LogP contribution in [0.2, 0.25) is 0 Å². The number of hydrogen-bond acceptors (Lipinski definition) is 7. The molecule has 12 heteroatoms. The zero-order valence-corrected chi connectivity index (χ0v) is 14.5. The summed E-state index contributed by atoms with van der Waals surface area (Å²) in [5.41, 5.74) is -2.33. The Bertz CT molecular complexity index is 707. The third-order valence-electron chi connectivity index (χ3n) is 3.65. The Kier molecular flexibility index (Phi) is 8.07. The highest BCUT2D eigenvalue weighted by molar-refractivity contribution is 5.92. The van der Waals surface area contributed by atoms with Crippen molar-refractivity contribution in [2.75, 3.05) is 11.6 Å². The van der Waals surface area contributed by atoms with Crippen LogP contribution in [0.5, 0.6) is 0 Å². The van der Waals surface area contributed by atoms with E-state index in [1.54, 1.807) is 0 Å². The Morgan fingerprint density at radius 3 is 2.67 bits per heavy atom. The van der Waals surface area contributed by atoms with Crippen molar-refractivity contribution in [1.29, 1.82) is 5.26 Å². The number of aromatic nitrogens is 2. The Balaban J connectivity index is 3.12. The maximum Gasteiger partial charge on any atom is 0.434 e. The molecule has 0 spiro atoms. The van der Waals surface area contributed by atoms with E-state index in [4.69, 9.17) is 11.1 Å². The normalized spacial score (nSPS) is 12.2. The molecule has 0 aliphatic carbocycles. The van der Waals surface area contributed by atoms with Gasteiger partial charge in [0.2, 0.25) is 18.3 Å². The first-order valence-electron chi connectivity index (χ1n) is 7.99. The summed E-state index contributed by atoms with van der Waals surface area (Å²) >= 11 is 0. The van der Waals surface area contributed by atoms with Crippen molar-refractivity contribution in [1.82, 2.24) is 15.0 Å². The van der Waals surface area contributed by atoms with Crippen molar-refractivity contribution in [3.05, 3.63) is 17.5 Å². The molecule has 2 amide bonds. The Hall–Kier alpha value is -2.78. The maximum absolute atomic E-state index is 13.0. The van der Waals surface area contributed by atoms with Gasteiger partial charge < -0.3 is 0 Å². The maximum atomic E-state index is 13.0. The number of alkyl halides is 3. The molecule has 9 nitrogen and oxygen atoms in total. The first kappa shape index (κ1) is 22.3. The van der Waals surface area contributed by atoms with Crippen LogP contribution >= 0.6 is 0 Å². The smallest absolute Gasteiger partial charge is 0.286 e. The molecule has 1 heterocycles. The van der Waals surface area contributed by atoms with Crippen LogP contribution in [0.15, 0.2) is 6.20 Å². The SMILES string of the molecule is CCCCC[C@H](CN(O)C=O)C(=O)N(N)c1ncc(C#N)c(C(F)(F)F)n1. The molecule has 0 aromatic carbocycles. The van der Waals surface area contributed by atoms with Gasteiger partial charge in [-0.05, 0) is 6.42 Å². The molecule has 1 rings (SSSR count). The standard InChI is InChI=1S/C15H19F3N6O3/c1-2-3-4-5-10(8-23(27)9-25)13(26)24(20)14-21-7-11(6-19)12(22-14)15(16,17)18/h7,9-10,27H,2-5,8,20H2,1H3/t10-/m1/s1. The third-order valence-corrected chi connectivity index (χ3v) is 3.65. The number of anilines is 1. The van der Waals surface area contributed by atoms with E-state index in [2.05, 4.69) is 9.97 Å². The lowest BCUT2D eigenvalue weighted by Crippen LogP contribution is -2.46. The van der Waals surface area contributed by atoms with Gasteiger partial charge in [-0.25, -0.2) is 25.9 Å². The number of carbonyl (C=O) groups excluding carboxylic acids is 2. The van der Waals surface area contributed by atoms with Crippen LogP contribution in [0.1, 0.15) is 43.9 Å². The quantitative estimate of drug-likeness (QED) is 0.164. The summed E-state index contributed by atoms with van der Waals surface area (Å²) in [5.74, 6) is 3.00. The van der Waals surface area contributed by atoms with Gasteiger partial charge in [0.1, 0.15) is 11.6 Å². The van der Waals surface area contributed by atoms with E-state index in [1.165, 1.54) is 6.07 Å². The lowest BCUT2D eigenvalue weighted by molar-refractivity contribution is -0.154. The van der Waals surface area contributed by atoms with Gasteiger partial charge in [0.05, 0.1) is 18.7 Å². The highest BCUT2D eigenvalue weighted by Crippen LogP contribution is 2.30. The molecule has 0 aliphatic rings. The van der Waals surface area contributed by atoms with Crippen LogP contribution in [0.3, 0.4) is 0 Å². The number of hydrogen-bond donors (Lipinski definition) is 2. The molecule has 1 aromatic heterocycles. The first-order valence-corrected chi connectivity index (χ1v) is 7.99. The molecule has 0 unspecified atom stereocenters. The molecule has 0 saturated heterocycles. The summed E-state index contributed by atoms with van der Waals surface area (Å²) in [4.78, 5) is 29.8. The van der Waals surface area contributed by atoms with Gasteiger partial charge in [-0.3, -0.25) is 14.8 Å². The average Bonchev–Trinajstić information content (AvgIpc) is 2.64. The summed E-state index contributed by atoms with van der Waals surface area (Å²) in [5, 5.41) is 18.7. The molecule has 0 fully saturated rings. The topological polar surface area (TPSA) is 136 Å². The Morgan fingerprint density at radius 2 is 2.15 bits per heavy atom. The molecular weight excluding hydrogens is 369 g/mol. The van der Waals surface area contributed by atoms with Gasteiger partial charge in [-0.1, -0.05) is 26.2 Å². The molecule has 0 aliphatic heterocycles. The van der Waals surface area contributed by atoms with Gasteiger partial charge in [-0.2, -0.15) is 18.4 Å². The highest BCUT2D eigenvalue weighted by Gasteiger charge is 2.37.